The van der Waals surface area contributed by atoms with Gasteiger partial charge in [0, 0.05) is 10.7 Å². The highest BCUT2D eigenvalue weighted by molar-refractivity contribution is 9.09. The van der Waals surface area contributed by atoms with Gasteiger partial charge in [0.15, 0.2) is 0 Å². The molecule has 10 nitrogen and oxygen atoms in total. The van der Waals surface area contributed by atoms with E-state index in [9.17, 15) is 10.4 Å². The number of nitrogens with zero attached hydrogens (tertiary/aromatic N) is 6. The van der Waals surface area contributed by atoms with Crippen LogP contribution in [0.25, 0.3) is 0 Å². The highest BCUT2D eigenvalue weighted by Gasteiger charge is 2.11. The average molecular weight is 434 g/mol. The number of rotatable bonds is 12. The van der Waals surface area contributed by atoms with E-state index in [1.54, 1.807) is 0 Å². The number of halogens is 2. The molecule has 0 fully saturated rings. The maximum atomic E-state index is 11.5. The van der Waals surface area contributed by atoms with Crippen molar-refractivity contribution in [3.8, 4) is 0 Å². The van der Waals surface area contributed by atoms with Crippen LogP contribution in [-0.4, -0.2) is 64.1 Å². The zero-order chi connectivity index (χ0) is 16.1. The minimum Gasteiger partial charge on any atom is -0.569 e. The number of hydrogen-bond acceptors (Lipinski definition) is 6. The largest absolute Gasteiger partial charge is 0.569 e. The van der Waals surface area contributed by atoms with Crippen molar-refractivity contribution in [2.24, 2.45) is 10.6 Å². The van der Waals surface area contributed by atoms with E-state index in [1.165, 1.54) is 23.1 Å². The molecule has 0 radical (unpaired) electrons. The summed E-state index contributed by atoms with van der Waals surface area (Å²) in [6, 6.07) is 0. The Kier molecular flexibility index (Phi) is 11.7. The molecule has 0 aromatic rings. The Morgan fingerprint density at radius 3 is 2.14 bits per heavy atom. The van der Waals surface area contributed by atoms with Crippen LogP contribution in [0.1, 0.15) is 0 Å². The Labute approximate surface area is 139 Å². The predicted molar refractivity (Wildman–Crippen MR) is 81.1 cm³/mol. The van der Waals surface area contributed by atoms with E-state index in [0.29, 0.717) is 35.3 Å². The fraction of sp³-hybridized carbons (Fsp3) is 0.778. The van der Waals surface area contributed by atoms with Gasteiger partial charge in [-0.25, -0.2) is 0 Å². The molecule has 0 aliphatic carbocycles. The Hall–Kier alpha value is -1.30. The Balaban J connectivity index is 4.13. The van der Waals surface area contributed by atoms with Gasteiger partial charge < -0.3 is 10.4 Å². The van der Waals surface area contributed by atoms with Crippen LogP contribution >= 0.6 is 31.9 Å². The zero-order valence-corrected chi connectivity index (χ0v) is 14.8. The van der Waals surface area contributed by atoms with E-state index in [0.717, 1.165) is 0 Å². The summed E-state index contributed by atoms with van der Waals surface area (Å²) in [7, 11) is 1.50. The van der Waals surface area contributed by atoms with E-state index < -0.39 is 6.79 Å². The molecule has 0 rings (SSSR count). The average Bonchev–Trinajstić information content (AvgIpc) is 2.46. The predicted octanol–water partition coefficient (Wildman–Crippen LogP) is 1.77. The SMILES string of the molecule is C=CCN(C)[N+]([O-])=NOCON=[N+]([O-])N(CCBr)CCBr. The van der Waals surface area contributed by atoms with Crippen molar-refractivity contribution >= 4 is 31.9 Å². The van der Waals surface area contributed by atoms with Gasteiger partial charge in [-0.3, -0.25) is 9.68 Å². The van der Waals surface area contributed by atoms with Crippen LogP contribution < -0.4 is 0 Å². The standard InChI is InChI=1S/C9H18Br2N6O4/c1-3-6-14(2)16(18)12-20-9-21-13-17(19)15(7-4-10)8-5-11/h3H,1,4-9H2,2H3. The molecule has 0 aliphatic heterocycles. The third kappa shape index (κ3) is 9.28. The number of hydrazine groups is 2. The molecular weight excluding hydrogens is 416 g/mol. The molecule has 0 bridgehead atoms. The molecular formula is C9H18Br2N6O4. The fourth-order valence-electron chi connectivity index (χ4n) is 1.02. The summed E-state index contributed by atoms with van der Waals surface area (Å²) >= 11 is 6.45. The van der Waals surface area contributed by atoms with E-state index in [4.69, 9.17) is 0 Å². The van der Waals surface area contributed by atoms with Crippen LogP contribution in [0.3, 0.4) is 0 Å². The molecule has 12 heteroatoms. The second-order valence-corrected chi connectivity index (χ2v) is 5.09. The van der Waals surface area contributed by atoms with Crippen molar-refractivity contribution in [2.45, 2.75) is 0 Å². The van der Waals surface area contributed by atoms with Gasteiger partial charge in [-0.15, -0.1) is 16.6 Å². The summed E-state index contributed by atoms with van der Waals surface area (Å²) in [5, 5.41) is 33.1. The maximum absolute atomic E-state index is 11.5. The van der Waals surface area contributed by atoms with Crippen LogP contribution in [0.5, 0.6) is 0 Å². The van der Waals surface area contributed by atoms with Crippen LogP contribution in [0.4, 0.5) is 0 Å². The van der Waals surface area contributed by atoms with Gasteiger partial charge in [0.25, 0.3) is 6.79 Å². The zero-order valence-electron chi connectivity index (χ0n) is 11.6. The molecule has 122 valence electrons. The second kappa shape index (κ2) is 12.4. The van der Waals surface area contributed by atoms with E-state index in [2.05, 4.69) is 58.7 Å². The lowest BCUT2D eigenvalue weighted by molar-refractivity contribution is -0.715. The molecule has 0 N–H and O–H groups in total. The normalized spacial score (nSPS) is 12.0. The van der Waals surface area contributed by atoms with Gasteiger partial charge >= 0.3 is 0 Å². The van der Waals surface area contributed by atoms with Gasteiger partial charge in [-0.2, -0.15) is 0 Å². The van der Waals surface area contributed by atoms with Crippen molar-refractivity contribution in [3.63, 3.8) is 0 Å². The first-order chi connectivity index (χ1) is 10.1. The summed E-state index contributed by atoms with van der Waals surface area (Å²) in [5.74, 6) is 0. The van der Waals surface area contributed by atoms with Crippen molar-refractivity contribution in [3.05, 3.63) is 23.1 Å². The Morgan fingerprint density at radius 1 is 1.14 bits per heavy atom. The topological polar surface area (TPSA) is 102 Å². The molecule has 0 heterocycles. The summed E-state index contributed by atoms with van der Waals surface area (Å²) in [4.78, 5) is 9.70. The molecule has 0 aromatic heterocycles. The van der Waals surface area contributed by atoms with Gasteiger partial charge in [-0.05, 0) is 0 Å². The van der Waals surface area contributed by atoms with Crippen molar-refractivity contribution in [1.82, 2.24) is 10.0 Å². The Morgan fingerprint density at radius 2 is 1.67 bits per heavy atom. The number of alkyl halides is 2. The van der Waals surface area contributed by atoms with Crippen LogP contribution in [0.15, 0.2) is 23.2 Å². The number of hydrogen-bond donors (Lipinski definition) is 0. The first-order valence-corrected chi connectivity index (χ1v) is 8.10. The minimum atomic E-state index is -0.462. The lowest BCUT2D eigenvalue weighted by atomic mass is 10.6. The molecule has 0 unspecified atom stereocenters. The van der Waals surface area contributed by atoms with E-state index >= 15 is 0 Å². The van der Waals surface area contributed by atoms with Crippen molar-refractivity contribution < 1.29 is 19.6 Å². The van der Waals surface area contributed by atoms with Gasteiger partial charge in [0.05, 0.1) is 36.6 Å². The minimum absolute atomic E-state index is 0.224. The molecule has 0 saturated heterocycles. The lowest BCUT2D eigenvalue weighted by Crippen LogP contribution is -2.34. The molecule has 0 saturated carbocycles. The summed E-state index contributed by atoms with van der Waals surface area (Å²) in [5.41, 5.74) is 0. The summed E-state index contributed by atoms with van der Waals surface area (Å²) in [6.45, 7) is 4.26. The van der Waals surface area contributed by atoms with Crippen molar-refractivity contribution in [1.29, 1.82) is 0 Å². The van der Waals surface area contributed by atoms with Gasteiger partial charge in [0.1, 0.15) is 0 Å². The summed E-state index contributed by atoms with van der Waals surface area (Å²) in [6.07, 6.45) is 1.53. The third-order valence-electron chi connectivity index (χ3n) is 1.97. The molecule has 0 aliphatic rings. The van der Waals surface area contributed by atoms with E-state index in [1.807, 2.05) is 0 Å². The monoisotopic (exact) mass is 432 g/mol. The number of likely N-dealkylation sites (N-methyl/N-ethyl adjacent to an activating group) is 1. The van der Waals surface area contributed by atoms with Crippen LogP contribution in [-0.2, 0) is 9.68 Å². The Bertz CT molecular complexity index is 351. The first kappa shape index (κ1) is 19.7. The smallest absolute Gasteiger partial charge is 0.292 e. The van der Waals surface area contributed by atoms with Gasteiger partial charge in [-0.1, -0.05) is 37.9 Å². The second-order valence-electron chi connectivity index (χ2n) is 3.51. The molecule has 0 aromatic carbocycles. The lowest BCUT2D eigenvalue weighted by Gasteiger charge is -2.15. The third-order valence-corrected chi connectivity index (χ3v) is 2.68. The molecule has 21 heavy (non-hydrogen) atoms. The molecule has 0 amide bonds. The highest BCUT2D eigenvalue weighted by atomic mass is 79.9. The highest BCUT2D eigenvalue weighted by Crippen LogP contribution is 1.96. The first-order valence-electron chi connectivity index (χ1n) is 5.85. The molecule has 0 atom stereocenters. The van der Waals surface area contributed by atoms with Crippen molar-refractivity contribution in [2.75, 3.05) is 44.1 Å². The maximum Gasteiger partial charge on any atom is 0.292 e. The van der Waals surface area contributed by atoms with E-state index in [-0.39, 0.29) is 4.97 Å². The van der Waals surface area contributed by atoms with Crippen LogP contribution in [0, 0.1) is 10.4 Å². The summed E-state index contributed by atoms with van der Waals surface area (Å²) < 4.78 is 0. The van der Waals surface area contributed by atoms with Crippen LogP contribution in [0.2, 0.25) is 0 Å². The fourth-order valence-corrected chi connectivity index (χ4v) is 1.84. The molecule has 0 spiro atoms. The quantitative estimate of drug-likeness (QED) is 0.0883. The van der Waals surface area contributed by atoms with Gasteiger partial charge in [0.2, 0.25) is 10.6 Å².